The normalized spacial score (nSPS) is 12.4. The Morgan fingerprint density at radius 3 is 2.25 bits per heavy atom. The van der Waals surface area contributed by atoms with Crippen molar-refractivity contribution in [2.45, 2.75) is 52.1 Å². The summed E-state index contributed by atoms with van der Waals surface area (Å²) in [6.07, 6.45) is 0.0414. The number of aromatic nitrogens is 1. The van der Waals surface area contributed by atoms with E-state index in [1.165, 1.54) is 12.1 Å². The van der Waals surface area contributed by atoms with Gasteiger partial charge in [-0.1, -0.05) is 37.6 Å². The van der Waals surface area contributed by atoms with Gasteiger partial charge in [-0.3, -0.25) is 14.4 Å². The van der Waals surface area contributed by atoms with Crippen LogP contribution in [0.25, 0.3) is 11.1 Å². The molecular formula is C30H34F2N4O4. The van der Waals surface area contributed by atoms with E-state index in [1.807, 2.05) is 39.0 Å². The smallest absolute Gasteiger partial charge is 0.305 e. The monoisotopic (exact) mass is 552 g/mol. The fourth-order valence-corrected chi connectivity index (χ4v) is 4.55. The average molecular weight is 553 g/mol. The van der Waals surface area contributed by atoms with Crippen LogP contribution in [0.2, 0.25) is 0 Å². The highest BCUT2D eigenvalue weighted by Gasteiger charge is 2.29. The van der Waals surface area contributed by atoms with Crippen molar-refractivity contribution in [1.82, 2.24) is 15.6 Å². The highest BCUT2D eigenvalue weighted by molar-refractivity contribution is 5.96. The molecule has 212 valence electrons. The van der Waals surface area contributed by atoms with E-state index in [9.17, 15) is 23.9 Å². The van der Waals surface area contributed by atoms with Gasteiger partial charge in [0, 0.05) is 19.7 Å². The van der Waals surface area contributed by atoms with Gasteiger partial charge in [0.05, 0.1) is 12.5 Å². The maximum atomic E-state index is 15.1. The summed E-state index contributed by atoms with van der Waals surface area (Å²) >= 11 is 0. The number of hydrogen-bond donors (Lipinski definition) is 3. The average Bonchev–Trinajstić information content (AvgIpc) is 2.89. The Hall–Kier alpha value is -4.34. The van der Waals surface area contributed by atoms with Crippen LogP contribution >= 0.6 is 0 Å². The van der Waals surface area contributed by atoms with Crippen molar-refractivity contribution in [3.63, 3.8) is 0 Å². The van der Waals surface area contributed by atoms with Crippen molar-refractivity contribution in [1.29, 1.82) is 0 Å². The lowest BCUT2D eigenvalue weighted by Crippen LogP contribution is -2.48. The third-order valence-electron chi connectivity index (χ3n) is 6.52. The van der Waals surface area contributed by atoms with Gasteiger partial charge in [0.15, 0.2) is 11.6 Å². The molecule has 1 heterocycles. The predicted octanol–water partition coefficient (Wildman–Crippen LogP) is 4.94. The molecule has 10 heteroatoms. The zero-order valence-electron chi connectivity index (χ0n) is 23.2. The number of nitrogens with one attached hydrogen (secondary N) is 2. The van der Waals surface area contributed by atoms with Crippen LogP contribution in [0.5, 0.6) is 0 Å². The zero-order chi connectivity index (χ0) is 29.6. The lowest BCUT2D eigenvalue weighted by molar-refractivity contribution is -0.137. The molecule has 8 nitrogen and oxygen atoms in total. The van der Waals surface area contributed by atoms with Crippen LogP contribution in [-0.2, 0) is 9.59 Å². The zero-order valence-corrected chi connectivity index (χ0v) is 23.2. The van der Waals surface area contributed by atoms with E-state index in [-0.39, 0.29) is 17.7 Å². The van der Waals surface area contributed by atoms with E-state index in [4.69, 9.17) is 0 Å². The third kappa shape index (κ3) is 7.19. The van der Waals surface area contributed by atoms with Crippen molar-refractivity contribution in [2.75, 3.05) is 19.0 Å². The lowest BCUT2D eigenvalue weighted by atomic mass is 9.92. The Bertz CT molecular complexity index is 1390. The fraction of sp³-hybridized carbons (Fsp3) is 0.333. The minimum absolute atomic E-state index is 0.0941. The Labute approximate surface area is 232 Å². The molecule has 0 bridgehead atoms. The van der Waals surface area contributed by atoms with Gasteiger partial charge in [-0.2, -0.15) is 0 Å². The summed E-state index contributed by atoms with van der Waals surface area (Å²) in [6, 6.07) is 10.4. The SMILES string of the molecule is CCC[C@H](NC(=O)c1cccc(N(C)C)n1)C(=O)N[C@@H](CC(=O)O)c1cc(-c2c(C)cccc2C)cc(F)c1F. The molecule has 1 aromatic heterocycles. The first-order valence-electron chi connectivity index (χ1n) is 13.0. The van der Waals surface area contributed by atoms with E-state index in [1.54, 1.807) is 31.1 Å². The van der Waals surface area contributed by atoms with Gasteiger partial charge in [-0.15, -0.1) is 0 Å². The number of hydrogen-bond acceptors (Lipinski definition) is 5. The van der Waals surface area contributed by atoms with Crippen LogP contribution in [0.4, 0.5) is 14.6 Å². The highest BCUT2D eigenvalue weighted by Crippen LogP contribution is 2.33. The lowest BCUT2D eigenvalue weighted by Gasteiger charge is -2.24. The Kier molecular flexibility index (Phi) is 9.93. The number of pyridine rings is 1. The maximum absolute atomic E-state index is 15.1. The number of rotatable bonds is 11. The van der Waals surface area contributed by atoms with Gasteiger partial charge in [0.1, 0.15) is 17.6 Å². The van der Waals surface area contributed by atoms with Crippen molar-refractivity contribution < 1.29 is 28.3 Å². The molecule has 3 aromatic rings. The van der Waals surface area contributed by atoms with Crippen molar-refractivity contribution in [3.8, 4) is 11.1 Å². The molecule has 2 aromatic carbocycles. The summed E-state index contributed by atoms with van der Waals surface area (Å²) in [6.45, 7) is 5.48. The van der Waals surface area contributed by atoms with Crippen LogP contribution in [0.15, 0.2) is 48.5 Å². The summed E-state index contributed by atoms with van der Waals surface area (Å²) in [7, 11) is 3.55. The standard InChI is InChI=1S/C30H34F2N4O4/c1-6-9-22(34-30(40)23-12-8-13-25(33-23)36(4)5)29(39)35-24(16-26(37)38)20-14-19(15-21(31)28(20)32)27-17(2)10-7-11-18(27)3/h7-8,10-15,22,24H,6,9,16H2,1-5H3,(H,34,40)(H,35,39)(H,37,38)/t22-,24-/m0/s1. The Morgan fingerprint density at radius 2 is 1.65 bits per heavy atom. The second kappa shape index (κ2) is 13.1. The third-order valence-corrected chi connectivity index (χ3v) is 6.52. The molecule has 2 amide bonds. The number of aliphatic carboxylic acids is 1. The van der Waals surface area contributed by atoms with E-state index in [2.05, 4.69) is 15.6 Å². The summed E-state index contributed by atoms with van der Waals surface area (Å²) in [5.41, 5.74) is 2.50. The van der Waals surface area contributed by atoms with Gasteiger partial charge < -0.3 is 20.6 Å². The molecule has 3 rings (SSSR count). The molecule has 40 heavy (non-hydrogen) atoms. The number of carbonyl (C=O) groups excluding carboxylic acids is 2. The molecular weight excluding hydrogens is 518 g/mol. The molecule has 0 radical (unpaired) electrons. The minimum Gasteiger partial charge on any atom is -0.481 e. The van der Waals surface area contributed by atoms with Gasteiger partial charge in [-0.05, 0) is 66.8 Å². The summed E-state index contributed by atoms with van der Waals surface area (Å²) in [4.78, 5) is 44.0. The largest absolute Gasteiger partial charge is 0.481 e. The van der Waals surface area contributed by atoms with Crippen LogP contribution in [0, 0.1) is 25.5 Å². The highest BCUT2D eigenvalue weighted by atomic mass is 19.2. The number of benzene rings is 2. The topological polar surface area (TPSA) is 112 Å². The van der Waals surface area contributed by atoms with E-state index in [0.29, 0.717) is 23.4 Å². The number of nitrogens with zero attached hydrogens (tertiary/aromatic N) is 2. The molecule has 0 aliphatic carbocycles. The Morgan fingerprint density at radius 1 is 1.00 bits per heavy atom. The van der Waals surface area contributed by atoms with Crippen molar-refractivity contribution >= 4 is 23.6 Å². The number of carboxylic acids is 1. The van der Waals surface area contributed by atoms with E-state index >= 15 is 4.39 Å². The Balaban J connectivity index is 1.94. The summed E-state index contributed by atoms with van der Waals surface area (Å²) in [5, 5.41) is 14.7. The second-order valence-electron chi connectivity index (χ2n) is 9.88. The molecule has 0 spiro atoms. The predicted molar refractivity (Wildman–Crippen MR) is 149 cm³/mol. The van der Waals surface area contributed by atoms with Crippen LogP contribution in [0.1, 0.15) is 59.4 Å². The second-order valence-corrected chi connectivity index (χ2v) is 9.88. The number of amides is 2. The minimum atomic E-state index is -1.39. The number of halogens is 2. The first kappa shape index (κ1) is 30.2. The van der Waals surface area contributed by atoms with Gasteiger partial charge in [0.2, 0.25) is 5.91 Å². The van der Waals surface area contributed by atoms with E-state index in [0.717, 1.165) is 17.2 Å². The molecule has 0 aliphatic heterocycles. The molecule has 0 unspecified atom stereocenters. The summed E-state index contributed by atoms with van der Waals surface area (Å²) in [5.74, 6) is -4.49. The number of aryl methyl sites for hydroxylation is 2. The van der Waals surface area contributed by atoms with Gasteiger partial charge in [-0.25, -0.2) is 13.8 Å². The van der Waals surface area contributed by atoms with Gasteiger partial charge in [0.25, 0.3) is 5.91 Å². The number of anilines is 1. The fourth-order valence-electron chi connectivity index (χ4n) is 4.55. The molecule has 3 N–H and O–H groups in total. The number of carboxylic acid groups (broad SMARTS) is 1. The van der Waals surface area contributed by atoms with Crippen LogP contribution < -0.4 is 15.5 Å². The summed E-state index contributed by atoms with van der Waals surface area (Å²) < 4.78 is 30.0. The van der Waals surface area contributed by atoms with Gasteiger partial charge >= 0.3 is 5.97 Å². The molecule has 2 atom stereocenters. The quantitative estimate of drug-likeness (QED) is 0.311. The van der Waals surface area contributed by atoms with Crippen molar-refractivity contribution in [2.24, 2.45) is 0 Å². The van der Waals surface area contributed by atoms with Crippen LogP contribution in [-0.4, -0.2) is 48.0 Å². The van der Waals surface area contributed by atoms with E-state index < -0.39 is 47.9 Å². The van der Waals surface area contributed by atoms with Crippen LogP contribution in [0.3, 0.4) is 0 Å². The molecule has 0 aliphatic rings. The van der Waals surface area contributed by atoms with Crippen molar-refractivity contribution in [3.05, 3.63) is 82.5 Å². The first-order valence-corrected chi connectivity index (χ1v) is 13.0. The number of carbonyl (C=O) groups is 3. The maximum Gasteiger partial charge on any atom is 0.305 e. The molecule has 0 saturated heterocycles. The first-order chi connectivity index (χ1) is 18.9. The molecule has 0 fully saturated rings. The molecule has 0 saturated carbocycles.